The van der Waals surface area contributed by atoms with E-state index in [-0.39, 0.29) is 12.3 Å². The van der Waals surface area contributed by atoms with E-state index in [1.54, 1.807) is 25.1 Å². The van der Waals surface area contributed by atoms with Gasteiger partial charge in [0.05, 0.1) is 17.1 Å². The summed E-state index contributed by atoms with van der Waals surface area (Å²) >= 11 is 7.14. The predicted octanol–water partition coefficient (Wildman–Crippen LogP) is 3.97. The Bertz CT molecular complexity index is 706. The molecule has 0 unspecified atom stereocenters. The third-order valence-electron chi connectivity index (χ3n) is 2.59. The molecule has 2 aromatic rings. The van der Waals surface area contributed by atoms with Gasteiger partial charge >= 0.3 is 5.97 Å². The van der Waals surface area contributed by atoms with Gasteiger partial charge in [-0.05, 0) is 31.2 Å². The van der Waals surface area contributed by atoms with Gasteiger partial charge in [-0.25, -0.2) is 9.78 Å². The lowest BCUT2D eigenvalue weighted by Gasteiger charge is -2.08. The summed E-state index contributed by atoms with van der Waals surface area (Å²) in [4.78, 5) is 26.6. The number of hydrogen-bond donors (Lipinski definition) is 0. The van der Waals surface area contributed by atoms with Crippen molar-refractivity contribution in [3.8, 4) is 0 Å². The van der Waals surface area contributed by atoms with E-state index in [9.17, 15) is 14.9 Å². The molecule has 0 saturated heterocycles. The van der Waals surface area contributed by atoms with E-state index in [2.05, 4.69) is 4.98 Å². The molecule has 1 aromatic carbocycles. The summed E-state index contributed by atoms with van der Waals surface area (Å²) in [6, 6.07) is 7.67. The highest BCUT2D eigenvalue weighted by Gasteiger charge is 2.15. The monoisotopic (exact) mass is 338 g/mol. The molecule has 1 aromatic heterocycles. The Kier molecular flexibility index (Phi) is 5.35. The number of nitrogens with zero attached hydrogens (tertiary/aromatic N) is 2. The van der Waals surface area contributed by atoms with Gasteiger partial charge in [0.15, 0.2) is 0 Å². The molecule has 1 heterocycles. The second-order valence-corrected chi connectivity index (χ2v) is 5.57. The first-order chi connectivity index (χ1) is 10.5. The van der Waals surface area contributed by atoms with Gasteiger partial charge in [0, 0.05) is 16.0 Å². The number of esters is 1. The van der Waals surface area contributed by atoms with E-state index in [0.717, 1.165) is 6.20 Å². The lowest BCUT2D eigenvalue weighted by Crippen LogP contribution is -2.06. The molecule has 0 aliphatic heterocycles. The molecule has 6 nitrogen and oxygen atoms in total. The van der Waals surface area contributed by atoms with Crippen molar-refractivity contribution in [2.24, 2.45) is 0 Å². The highest BCUT2D eigenvalue weighted by Crippen LogP contribution is 2.32. The topological polar surface area (TPSA) is 82.3 Å². The molecule has 0 bridgehead atoms. The Morgan fingerprint density at radius 2 is 2.18 bits per heavy atom. The summed E-state index contributed by atoms with van der Waals surface area (Å²) in [6.07, 6.45) is 1.16. The molecule has 8 heteroatoms. The minimum atomic E-state index is -0.523. The molecule has 0 atom stereocenters. The molecule has 0 fully saturated rings. The van der Waals surface area contributed by atoms with Crippen molar-refractivity contribution in [1.82, 2.24) is 4.98 Å². The van der Waals surface area contributed by atoms with Crippen LogP contribution < -0.4 is 0 Å². The van der Waals surface area contributed by atoms with Crippen LogP contribution in [-0.4, -0.2) is 22.5 Å². The molecular weight excluding hydrogens is 328 g/mol. The number of benzene rings is 1. The fourth-order valence-electron chi connectivity index (χ4n) is 1.61. The van der Waals surface area contributed by atoms with Crippen LogP contribution in [0.2, 0.25) is 5.02 Å². The van der Waals surface area contributed by atoms with Gasteiger partial charge in [-0.3, -0.25) is 10.1 Å². The van der Waals surface area contributed by atoms with Crippen LogP contribution in [-0.2, 0) is 4.74 Å². The largest absolute Gasteiger partial charge is 0.462 e. The van der Waals surface area contributed by atoms with E-state index in [0.29, 0.717) is 20.5 Å². The Balaban J connectivity index is 2.29. The lowest BCUT2D eigenvalue weighted by molar-refractivity contribution is -0.385. The van der Waals surface area contributed by atoms with Gasteiger partial charge in [-0.15, -0.1) is 0 Å². The standard InChI is InChI=1S/C14H11ClN2O4S/c1-2-21-14(18)11-5-3-9(15)7-12(11)22-13-6-4-10(8-16-13)17(19)20/h3-8H,2H2,1H3. The van der Waals surface area contributed by atoms with E-state index in [1.807, 2.05) is 0 Å². The first-order valence-electron chi connectivity index (χ1n) is 6.26. The minimum Gasteiger partial charge on any atom is -0.462 e. The van der Waals surface area contributed by atoms with E-state index < -0.39 is 10.9 Å². The molecule has 0 aliphatic rings. The summed E-state index contributed by atoms with van der Waals surface area (Å²) in [5.41, 5.74) is 0.275. The van der Waals surface area contributed by atoms with E-state index in [4.69, 9.17) is 16.3 Å². The Morgan fingerprint density at radius 1 is 1.41 bits per heavy atom. The summed E-state index contributed by atoms with van der Waals surface area (Å²) < 4.78 is 4.99. The molecule has 0 amide bonds. The summed E-state index contributed by atoms with van der Waals surface area (Å²) in [5, 5.41) is 11.6. The Labute approximate surface area is 135 Å². The van der Waals surface area contributed by atoms with E-state index >= 15 is 0 Å². The molecule has 0 saturated carbocycles. The lowest BCUT2D eigenvalue weighted by atomic mass is 10.2. The zero-order valence-corrected chi connectivity index (χ0v) is 13.1. The number of ether oxygens (including phenoxy) is 1. The van der Waals surface area contributed by atoms with Crippen LogP contribution >= 0.6 is 23.4 Å². The van der Waals surface area contributed by atoms with Gasteiger partial charge < -0.3 is 4.74 Å². The summed E-state index contributed by atoms with van der Waals surface area (Å²) in [7, 11) is 0. The maximum Gasteiger partial charge on any atom is 0.339 e. The normalized spacial score (nSPS) is 10.3. The smallest absolute Gasteiger partial charge is 0.339 e. The molecule has 114 valence electrons. The average Bonchev–Trinajstić information content (AvgIpc) is 2.48. The highest BCUT2D eigenvalue weighted by atomic mass is 35.5. The van der Waals surface area contributed by atoms with Crippen LogP contribution in [0.15, 0.2) is 46.5 Å². The average molecular weight is 339 g/mol. The van der Waals surface area contributed by atoms with Crippen molar-refractivity contribution in [2.75, 3.05) is 6.61 Å². The molecule has 2 rings (SSSR count). The summed E-state index contributed by atoms with van der Waals surface area (Å²) in [5.74, 6) is -0.455. The van der Waals surface area contributed by atoms with Crippen LogP contribution in [0.4, 0.5) is 5.69 Å². The van der Waals surface area contributed by atoms with Crippen molar-refractivity contribution in [3.05, 3.63) is 57.2 Å². The maximum absolute atomic E-state index is 11.9. The number of aromatic nitrogens is 1. The van der Waals surface area contributed by atoms with Crippen LogP contribution in [0.5, 0.6) is 0 Å². The Morgan fingerprint density at radius 3 is 2.77 bits per heavy atom. The summed E-state index contributed by atoms with van der Waals surface area (Å²) in [6.45, 7) is 1.99. The van der Waals surface area contributed by atoms with Crippen molar-refractivity contribution >= 4 is 35.0 Å². The van der Waals surface area contributed by atoms with Crippen LogP contribution in [0.1, 0.15) is 17.3 Å². The number of pyridine rings is 1. The molecule has 0 radical (unpaired) electrons. The van der Waals surface area contributed by atoms with Crippen LogP contribution in [0.25, 0.3) is 0 Å². The number of hydrogen-bond acceptors (Lipinski definition) is 6. The van der Waals surface area contributed by atoms with Crippen LogP contribution in [0, 0.1) is 10.1 Å². The molecule has 0 N–H and O–H groups in total. The number of halogens is 1. The van der Waals surface area contributed by atoms with Gasteiger partial charge in [-0.1, -0.05) is 23.4 Å². The molecule has 22 heavy (non-hydrogen) atoms. The number of rotatable bonds is 5. The van der Waals surface area contributed by atoms with Gasteiger partial charge in [-0.2, -0.15) is 0 Å². The fraction of sp³-hybridized carbons (Fsp3) is 0.143. The second kappa shape index (κ2) is 7.24. The first kappa shape index (κ1) is 16.3. The molecule has 0 spiro atoms. The Hall–Kier alpha value is -2.12. The molecule has 0 aliphatic carbocycles. The maximum atomic E-state index is 11.9. The minimum absolute atomic E-state index is 0.0962. The second-order valence-electron chi connectivity index (χ2n) is 4.07. The highest BCUT2D eigenvalue weighted by molar-refractivity contribution is 7.99. The van der Waals surface area contributed by atoms with Gasteiger partial charge in [0.2, 0.25) is 0 Å². The quantitative estimate of drug-likeness (QED) is 0.466. The third-order valence-corrected chi connectivity index (χ3v) is 3.83. The van der Waals surface area contributed by atoms with Crippen LogP contribution in [0.3, 0.4) is 0 Å². The number of carbonyl (C=O) groups is 1. The van der Waals surface area contributed by atoms with Crippen molar-refractivity contribution in [2.45, 2.75) is 16.8 Å². The zero-order valence-electron chi connectivity index (χ0n) is 11.5. The molecular formula is C14H11ClN2O4S. The first-order valence-corrected chi connectivity index (χ1v) is 7.45. The number of carbonyl (C=O) groups excluding carboxylic acids is 1. The van der Waals surface area contributed by atoms with Gasteiger partial charge in [0.1, 0.15) is 11.2 Å². The van der Waals surface area contributed by atoms with Crippen molar-refractivity contribution < 1.29 is 14.5 Å². The van der Waals surface area contributed by atoms with Gasteiger partial charge in [0.25, 0.3) is 5.69 Å². The number of nitro groups is 1. The third kappa shape index (κ3) is 3.96. The van der Waals surface area contributed by atoms with E-state index in [1.165, 1.54) is 23.9 Å². The zero-order chi connectivity index (χ0) is 16.1. The fourth-order valence-corrected chi connectivity index (χ4v) is 2.76. The van der Waals surface area contributed by atoms with Crippen molar-refractivity contribution in [3.63, 3.8) is 0 Å². The SMILES string of the molecule is CCOC(=O)c1ccc(Cl)cc1Sc1ccc([N+](=O)[O-])cn1. The van der Waals surface area contributed by atoms with Crippen molar-refractivity contribution in [1.29, 1.82) is 0 Å². The predicted molar refractivity (Wildman–Crippen MR) is 82.4 cm³/mol.